The van der Waals surface area contributed by atoms with Gasteiger partial charge in [-0.3, -0.25) is 4.79 Å². The molecule has 0 aromatic rings. The number of rotatable bonds is 6. The number of amides is 1. The summed E-state index contributed by atoms with van der Waals surface area (Å²) in [5.74, 6) is 1.28. The smallest absolute Gasteiger partial charge is 0.230 e. The van der Waals surface area contributed by atoms with Gasteiger partial charge in [0.05, 0.1) is 17.3 Å². The topological polar surface area (TPSA) is 89.3 Å². The van der Waals surface area contributed by atoms with E-state index in [-0.39, 0.29) is 29.5 Å². The summed E-state index contributed by atoms with van der Waals surface area (Å²) in [7, 11) is -2.92. The Hall–Kier alpha value is -0.270. The highest BCUT2D eigenvalue weighted by atomic mass is 32.2. The van der Waals surface area contributed by atoms with Crippen molar-refractivity contribution in [1.29, 1.82) is 0 Å². The Balaban J connectivity index is 2.18. The van der Waals surface area contributed by atoms with Crippen LogP contribution < -0.4 is 11.1 Å². The summed E-state index contributed by atoms with van der Waals surface area (Å²) < 4.78 is 22.4. The van der Waals surface area contributed by atoms with Crippen molar-refractivity contribution in [3.05, 3.63) is 0 Å². The van der Waals surface area contributed by atoms with Gasteiger partial charge in [-0.1, -0.05) is 6.92 Å². The number of carbonyl (C=O) groups excluding carboxylic acids is 1. The third kappa shape index (κ3) is 5.74. The van der Waals surface area contributed by atoms with E-state index in [2.05, 4.69) is 5.32 Å². The molecule has 0 spiro atoms. The van der Waals surface area contributed by atoms with E-state index in [0.717, 1.165) is 12.2 Å². The summed E-state index contributed by atoms with van der Waals surface area (Å²) in [6.45, 7) is 2.01. The van der Waals surface area contributed by atoms with Crippen molar-refractivity contribution in [1.82, 2.24) is 5.32 Å². The number of thioether (sulfide) groups is 1. The Morgan fingerprint density at radius 2 is 2.29 bits per heavy atom. The van der Waals surface area contributed by atoms with E-state index in [1.54, 1.807) is 0 Å². The second-order valence-corrected chi connectivity index (χ2v) is 7.61. The first-order valence-electron chi connectivity index (χ1n) is 5.76. The fraction of sp³-hybridized carbons (Fsp3) is 0.900. The van der Waals surface area contributed by atoms with Crippen molar-refractivity contribution < 1.29 is 13.2 Å². The Labute approximate surface area is 107 Å². The van der Waals surface area contributed by atoms with Crippen molar-refractivity contribution in [2.75, 3.05) is 23.0 Å². The fourth-order valence-electron chi connectivity index (χ4n) is 1.60. The van der Waals surface area contributed by atoms with Crippen molar-refractivity contribution in [3.8, 4) is 0 Å². The fourth-order valence-corrected chi connectivity index (χ4v) is 4.20. The van der Waals surface area contributed by atoms with Crippen LogP contribution in [0.5, 0.6) is 0 Å². The van der Waals surface area contributed by atoms with Crippen LogP contribution in [0.15, 0.2) is 0 Å². The zero-order valence-electron chi connectivity index (χ0n) is 10.0. The highest BCUT2D eigenvalue weighted by molar-refractivity contribution is 8.00. The molecule has 1 saturated heterocycles. The van der Waals surface area contributed by atoms with Gasteiger partial charge in [-0.05, 0) is 12.8 Å². The second kappa shape index (κ2) is 6.61. The van der Waals surface area contributed by atoms with Crippen molar-refractivity contribution in [2.24, 2.45) is 5.73 Å². The van der Waals surface area contributed by atoms with Crippen LogP contribution in [0.2, 0.25) is 0 Å². The number of nitrogens with one attached hydrogen (secondary N) is 1. The molecule has 2 atom stereocenters. The summed E-state index contributed by atoms with van der Waals surface area (Å²) in [4.78, 5) is 11.5. The lowest BCUT2D eigenvalue weighted by molar-refractivity contribution is -0.119. The largest absolute Gasteiger partial charge is 0.352 e. The summed E-state index contributed by atoms with van der Waals surface area (Å²) in [5, 5.41) is 2.75. The van der Waals surface area contributed by atoms with E-state index in [1.807, 2.05) is 6.92 Å². The molecule has 1 aliphatic rings. The Morgan fingerprint density at radius 1 is 1.59 bits per heavy atom. The predicted molar refractivity (Wildman–Crippen MR) is 70.8 cm³/mol. The average molecular weight is 280 g/mol. The van der Waals surface area contributed by atoms with Gasteiger partial charge in [0.25, 0.3) is 0 Å². The first-order chi connectivity index (χ1) is 7.93. The average Bonchev–Trinajstić information content (AvgIpc) is 2.57. The Kier molecular flexibility index (Phi) is 5.75. The van der Waals surface area contributed by atoms with Crippen LogP contribution in [-0.2, 0) is 14.6 Å². The number of nitrogens with two attached hydrogens (primary N) is 1. The van der Waals surface area contributed by atoms with E-state index >= 15 is 0 Å². The standard InChI is InChI=1S/C10H20N2O3S2/c1-2-8(11)5-16-6-10(13)12-9-3-4-17(14,15)7-9/h8-9H,2-7,11H2,1H3,(H,12,13). The zero-order chi connectivity index (χ0) is 12.9. The molecule has 0 radical (unpaired) electrons. The molecule has 1 rings (SSSR count). The van der Waals surface area contributed by atoms with Crippen LogP contribution in [-0.4, -0.2) is 49.4 Å². The van der Waals surface area contributed by atoms with Crippen LogP contribution in [0.25, 0.3) is 0 Å². The normalized spacial score (nSPS) is 24.5. The van der Waals surface area contributed by atoms with Gasteiger partial charge in [0.2, 0.25) is 5.91 Å². The molecule has 1 fully saturated rings. The second-order valence-electron chi connectivity index (χ2n) is 4.35. The predicted octanol–water partition coefficient (Wildman–Crippen LogP) is -0.240. The third-order valence-electron chi connectivity index (χ3n) is 2.69. The lowest BCUT2D eigenvalue weighted by Gasteiger charge is -2.11. The molecule has 0 aromatic heterocycles. The maximum atomic E-state index is 11.5. The van der Waals surface area contributed by atoms with Crippen molar-refractivity contribution >= 4 is 27.5 Å². The SMILES string of the molecule is CCC(N)CSCC(=O)NC1CCS(=O)(=O)C1. The number of hydrogen-bond donors (Lipinski definition) is 2. The zero-order valence-corrected chi connectivity index (χ0v) is 11.6. The number of hydrogen-bond acceptors (Lipinski definition) is 5. The Bertz CT molecular complexity index is 357. The number of carbonyl (C=O) groups is 1. The molecule has 1 heterocycles. The van der Waals surface area contributed by atoms with Crippen LogP contribution in [0.1, 0.15) is 19.8 Å². The van der Waals surface area contributed by atoms with Gasteiger partial charge in [-0.15, -0.1) is 0 Å². The molecule has 2 unspecified atom stereocenters. The third-order valence-corrected chi connectivity index (χ3v) is 5.59. The highest BCUT2D eigenvalue weighted by Crippen LogP contribution is 2.11. The first-order valence-corrected chi connectivity index (χ1v) is 8.73. The van der Waals surface area contributed by atoms with Crippen LogP contribution in [0.4, 0.5) is 0 Å². The van der Waals surface area contributed by atoms with E-state index in [4.69, 9.17) is 5.73 Å². The maximum Gasteiger partial charge on any atom is 0.230 e. The molecule has 7 heteroatoms. The molecule has 1 aliphatic heterocycles. The summed E-state index contributed by atoms with van der Waals surface area (Å²) >= 11 is 1.49. The molecule has 17 heavy (non-hydrogen) atoms. The monoisotopic (exact) mass is 280 g/mol. The number of sulfone groups is 1. The Morgan fingerprint density at radius 3 is 2.82 bits per heavy atom. The van der Waals surface area contributed by atoms with E-state index in [1.165, 1.54) is 11.8 Å². The van der Waals surface area contributed by atoms with Gasteiger partial charge in [0, 0.05) is 17.8 Å². The van der Waals surface area contributed by atoms with Crippen molar-refractivity contribution in [2.45, 2.75) is 31.8 Å². The van der Waals surface area contributed by atoms with Gasteiger partial charge in [-0.2, -0.15) is 11.8 Å². The van der Waals surface area contributed by atoms with E-state index < -0.39 is 9.84 Å². The minimum absolute atomic E-state index is 0.0812. The highest BCUT2D eigenvalue weighted by Gasteiger charge is 2.28. The van der Waals surface area contributed by atoms with Crippen LogP contribution in [0, 0.1) is 0 Å². The maximum absolute atomic E-state index is 11.5. The summed E-state index contributed by atoms with van der Waals surface area (Å²) in [5.41, 5.74) is 5.73. The first kappa shape index (κ1) is 14.8. The molecule has 0 aromatic carbocycles. The van der Waals surface area contributed by atoms with Gasteiger partial charge in [0.1, 0.15) is 0 Å². The summed E-state index contributed by atoms with van der Waals surface area (Å²) in [6.07, 6.45) is 1.43. The molecule has 0 saturated carbocycles. The lowest BCUT2D eigenvalue weighted by Crippen LogP contribution is -2.37. The van der Waals surface area contributed by atoms with E-state index in [9.17, 15) is 13.2 Å². The molecule has 3 N–H and O–H groups in total. The van der Waals surface area contributed by atoms with Gasteiger partial charge in [0.15, 0.2) is 9.84 Å². The summed E-state index contributed by atoms with van der Waals surface area (Å²) in [6, 6.07) is -0.0763. The molecule has 0 bridgehead atoms. The van der Waals surface area contributed by atoms with Crippen LogP contribution in [0.3, 0.4) is 0 Å². The molecule has 1 amide bonds. The minimum atomic E-state index is -2.92. The van der Waals surface area contributed by atoms with Gasteiger partial charge in [-0.25, -0.2) is 8.42 Å². The molecule has 0 aliphatic carbocycles. The minimum Gasteiger partial charge on any atom is -0.352 e. The quantitative estimate of drug-likeness (QED) is 0.701. The van der Waals surface area contributed by atoms with Gasteiger partial charge >= 0.3 is 0 Å². The molecular formula is C10H20N2O3S2. The van der Waals surface area contributed by atoms with Crippen LogP contribution >= 0.6 is 11.8 Å². The molecular weight excluding hydrogens is 260 g/mol. The lowest BCUT2D eigenvalue weighted by atomic mass is 10.3. The van der Waals surface area contributed by atoms with E-state index in [0.29, 0.717) is 12.2 Å². The molecule has 5 nitrogen and oxygen atoms in total. The van der Waals surface area contributed by atoms with Crippen molar-refractivity contribution in [3.63, 3.8) is 0 Å². The van der Waals surface area contributed by atoms with Gasteiger partial charge < -0.3 is 11.1 Å². The molecule has 100 valence electrons.